The summed E-state index contributed by atoms with van der Waals surface area (Å²) >= 11 is 0. The molecule has 1 aromatic heterocycles. The molecule has 152 valence electrons. The largest absolute Gasteiger partial charge is 0.463 e. The van der Waals surface area contributed by atoms with Gasteiger partial charge in [-0.25, -0.2) is 23.8 Å². The number of halogens is 1. The van der Waals surface area contributed by atoms with Gasteiger partial charge in [0.15, 0.2) is 5.69 Å². The predicted octanol–water partition coefficient (Wildman–Crippen LogP) is 1.69. The highest BCUT2D eigenvalue weighted by atomic mass is 19.1. The molecular weight excluding hydrogens is 383 g/mol. The Morgan fingerprint density at radius 2 is 1.93 bits per heavy atom. The molecule has 29 heavy (non-hydrogen) atoms. The van der Waals surface area contributed by atoms with Crippen LogP contribution in [0, 0.1) is 5.82 Å². The number of ether oxygens (including phenoxy) is 2. The lowest BCUT2D eigenvalue weighted by Crippen LogP contribution is -2.50. The number of carbonyl (C=O) groups excluding carboxylic acids is 3. The molecule has 0 radical (unpaired) electrons. The normalized spacial score (nSPS) is 16.1. The highest BCUT2D eigenvalue weighted by Crippen LogP contribution is 2.17. The van der Waals surface area contributed by atoms with Crippen LogP contribution in [0.4, 0.5) is 9.18 Å². The number of rotatable bonds is 6. The molecule has 2 heterocycles. The lowest BCUT2D eigenvalue weighted by Gasteiger charge is -2.26. The van der Waals surface area contributed by atoms with Crippen molar-refractivity contribution in [3.8, 4) is 5.69 Å². The van der Waals surface area contributed by atoms with Crippen LogP contribution < -0.4 is 10.6 Å². The molecule has 0 bridgehead atoms. The molecule has 1 atom stereocenters. The summed E-state index contributed by atoms with van der Waals surface area (Å²) in [5.41, 5.74) is 0.932. The molecule has 1 aliphatic heterocycles. The van der Waals surface area contributed by atoms with Crippen molar-refractivity contribution in [3.63, 3.8) is 0 Å². The summed E-state index contributed by atoms with van der Waals surface area (Å²) in [7, 11) is 0. The maximum absolute atomic E-state index is 13.1. The molecule has 0 spiro atoms. The number of nitrogens with zero attached hydrogens (tertiary/aromatic N) is 2. The minimum atomic E-state index is -0.733. The Labute approximate surface area is 165 Å². The van der Waals surface area contributed by atoms with Gasteiger partial charge in [0.25, 0.3) is 0 Å². The molecule has 1 aromatic carbocycles. The zero-order valence-corrected chi connectivity index (χ0v) is 15.8. The summed E-state index contributed by atoms with van der Waals surface area (Å²) in [5.74, 6) is -1.76. The molecule has 2 amide bonds. The van der Waals surface area contributed by atoms with Crippen molar-refractivity contribution in [2.24, 2.45) is 0 Å². The number of benzene rings is 1. The third-order valence-electron chi connectivity index (χ3n) is 4.17. The van der Waals surface area contributed by atoms with Crippen LogP contribution in [0.2, 0.25) is 0 Å². The van der Waals surface area contributed by atoms with Gasteiger partial charge in [0.2, 0.25) is 0 Å². The molecule has 0 saturated carbocycles. The van der Waals surface area contributed by atoms with Crippen molar-refractivity contribution in [1.29, 1.82) is 0 Å². The maximum Gasteiger partial charge on any atom is 0.357 e. The molecule has 3 rings (SSSR count). The third kappa shape index (κ3) is 4.42. The number of aromatic nitrogens is 2. The maximum atomic E-state index is 13.1. The lowest BCUT2D eigenvalue weighted by molar-refractivity contribution is -0.139. The number of urea groups is 1. The first kappa shape index (κ1) is 20.1. The summed E-state index contributed by atoms with van der Waals surface area (Å²) in [5, 5.41) is 5.03. The first-order valence-corrected chi connectivity index (χ1v) is 8.83. The smallest absolute Gasteiger partial charge is 0.357 e. The van der Waals surface area contributed by atoms with Gasteiger partial charge >= 0.3 is 18.0 Å². The number of amides is 2. The van der Waals surface area contributed by atoms with Crippen molar-refractivity contribution in [1.82, 2.24) is 20.2 Å². The van der Waals surface area contributed by atoms with Gasteiger partial charge in [-0.05, 0) is 38.1 Å². The molecule has 10 heteroatoms. The fourth-order valence-corrected chi connectivity index (χ4v) is 2.86. The fraction of sp³-hybridized carbons (Fsp3) is 0.263. The molecule has 1 aliphatic rings. The Morgan fingerprint density at radius 3 is 2.62 bits per heavy atom. The van der Waals surface area contributed by atoms with Crippen LogP contribution in [0.5, 0.6) is 0 Å². The monoisotopic (exact) mass is 402 g/mol. The van der Waals surface area contributed by atoms with Gasteiger partial charge in [-0.15, -0.1) is 0 Å². The molecule has 2 aromatic rings. The Hall–Kier alpha value is -3.69. The number of hydrogen-bond acceptors (Lipinski definition) is 6. The molecule has 9 nitrogen and oxygen atoms in total. The minimum absolute atomic E-state index is 0.100. The Kier molecular flexibility index (Phi) is 5.91. The fourth-order valence-electron chi connectivity index (χ4n) is 2.86. The van der Waals surface area contributed by atoms with E-state index < -0.39 is 29.8 Å². The van der Waals surface area contributed by atoms with Crippen molar-refractivity contribution in [2.45, 2.75) is 19.9 Å². The van der Waals surface area contributed by atoms with E-state index in [1.54, 1.807) is 13.8 Å². The van der Waals surface area contributed by atoms with E-state index in [0.29, 0.717) is 5.69 Å². The number of imidazole rings is 1. The SMILES string of the molecule is CCOC(=O)C1=C(COC(=O)c2cncn2-c2ccc(F)cc2)NC(=O)N[C@@H]1C. The van der Waals surface area contributed by atoms with Crippen LogP contribution in [0.1, 0.15) is 24.3 Å². The molecule has 0 unspecified atom stereocenters. The second-order valence-electron chi connectivity index (χ2n) is 6.13. The van der Waals surface area contributed by atoms with E-state index in [2.05, 4.69) is 15.6 Å². The Bertz CT molecular complexity index is 967. The van der Waals surface area contributed by atoms with E-state index in [1.165, 1.54) is 41.4 Å². The predicted molar refractivity (Wildman–Crippen MR) is 98.6 cm³/mol. The van der Waals surface area contributed by atoms with E-state index in [0.717, 1.165) is 0 Å². The van der Waals surface area contributed by atoms with Crippen molar-refractivity contribution < 1.29 is 28.2 Å². The molecule has 0 saturated heterocycles. The first-order valence-electron chi connectivity index (χ1n) is 8.83. The van der Waals surface area contributed by atoms with Gasteiger partial charge in [-0.3, -0.25) is 4.57 Å². The van der Waals surface area contributed by atoms with Crippen molar-refractivity contribution >= 4 is 18.0 Å². The topological polar surface area (TPSA) is 112 Å². The molecule has 2 N–H and O–H groups in total. The van der Waals surface area contributed by atoms with E-state index >= 15 is 0 Å². The number of hydrogen-bond donors (Lipinski definition) is 2. The van der Waals surface area contributed by atoms with Crippen LogP contribution in [-0.4, -0.2) is 46.8 Å². The number of nitrogens with one attached hydrogen (secondary N) is 2. The average Bonchev–Trinajstić information content (AvgIpc) is 3.16. The summed E-state index contributed by atoms with van der Waals surface area (Å²) in [6.45, 7) is 3.09. The average molecular weight is 402 g/mol. The second kappa shape index (κ2) is 8.55. The van der Waals surface area contributed by atoms with E-state index in [4.69, 9.17) is 9.47 Å². The highest BCUT2D eigenvalue weighted by molar-refractivity contribution is 5.95. The third-order valence-corrected chi connectivity index (χ3v) is 4.17. The molecule has 0 aliphatic carbocycles. The number of carbonyl (C=O) groups is 3. The lowest BCUT2D eigenvalue weighted by atomic mass is 10.0. The molecular formula is C19H19FN4O5. The summed E-state index contributed by atoms with van der Waals surface area (Å²) in [4.78, 5) is 40.4. The van der Waals surface area contributed by atoms with Crippen LogP contribution in [0.25, 0.3) is 5.69 Å². The standard InChI is InChI=1S/C19H19FN4O5/c1-3-28-18(26)16-11(2)22-19(27)23-14(16)9-29-17(25)15-8-21-10-24(15)13-6-4-12(20)5-7-13/h4-8,10-11H,3,9H2,1-2H3,(H2,22,23,27)/t11-/m1/s1. The van der Waals surface area contributed by atoms with Gasteiger partial charge in [0, 0.05) is 5.69 Å². The quantitative estimate of drug-likeness (QED) is 0.712. The van der Waals surface area contributed by atoms with Crippen molar-refractivity contribution in [3.05, 3.63) is 59.6 Å². The summed E-state index contributed by atoms with van der Waals surface area (Å²) in [6.07, 6.45) is 2.69. The van der Waals surface area contributed by atoms with Gasteiger partial charge in [-0.2, -0.15) is 0 Å². The molecule has 0 fully saturated rings. The summed E-state index contributed by atoms with van der Waals surface area (Å²) in [6, 6.07) is 4.36. The second-order valence-corrected chi connectivity index (χ2v) is 6.13. The van der Waals surface area contributed by atoms with E-state index in [-0.39, 0.29) is 30.2 Å². The van der Waals surface area contributed by atoms with Gasteiger partial charge in [-0.1, -0.05) is 0 Å². The Balaban J connectivity index is 1.80. The minimum Gasteiger partial charge on any atom is -0.463 e. The summed E-state index contributed by atoms with van der Waals surface area (Å²) < 4.78 is 24.9. The first-order chi connectivity index (χ1) is 13.9. The Morgan fingerprint density at radius 1 is 1.21 bits per heavy atom. The highest BCUT2D eigenvalue weighted by Gasteiger charge is 2.30. The zero-order chi connectivity index (χ0) is 21.0. The van der Waals surface area contributed by atoms with Gasteiger partial charge in [0.1, 0.15) is 12.4 Å². The number of esters is 2. The van der Waals surface area contributed by atoms with Crippen LogP contribution in [0.15, 0.2) is 48.1 Å². The van der Waals surface area contributed by atoms with Crippen LogP contribution in [0.3, 0.4) is 0 Å². The van der Waals surface area contributed by atoms with Crippen molar-refractivity contribution in [2.75, 3.05) is 13.2 Å². The van der Waals surface area contributed by atoms with Gasteiger partial charge < -0.3 is 20.1 Å². The van der Waals surface area contributed by atoms with Crippen LogP contribution >= 0.6 is 0 Å². The zero-order valence-electron chi connectivity index (χ0n) is 15.8. The van der Waals surface area contributed by atoms with Gasteiger partial charge in [0.05, 0.1) is 36.4 Å². The van der Waals surface area contributed by atoms with Crippen LogP contribution in [-0.2, 0) is 14.3 Å². The van der Waals surface area contributed by atoms with E-state index in [1.807, 2.05) is 0 Å². The van der Waals surface area contributed by atoms with E-state index in [9.17, 15) is 18.8 Å².